The van der Waals surface area contributed by atoms with E-state index in [-0.39, 0.29) is 17.5 Å². The zero-order chi connectivity index (χ0) is 23.0. The molecule has 1 heterocycles. The molecule has 1 aromatic rings. The summed E-state index contributed by atoms with van der Waals surface area (Å²) >= 11 is 0. The number of carbonyl (C=O) groups excluding carboxylic acids is 2. The molecule has 0 radical (unpaired) electrons. The molecule has 1 saturated heterocycles. The summed E-state index contributed by atoms with van der Waals surface area (Å²) in [5.74, 6) is -1.86. The number of allylic oxidation sites excluding steroid dienone is 1. The molecule has 0 bridgehead atoms. The Hall–Kier alpha value is -2.26. The average molecular weight is 466 g/mol. The SMILES string of the molecule is O=C(NCCC1=CCCCC1)C(=O)NCC[C@@H]1CCCCN1S(=O)(=O)c1ccc(F)cc1. The molecule has 176 valence electrons. The van der Waals surface area contributed by atoms with Gasteiger partial charge in [-0.25, -0.2) is 12.8 Å². The van der Waals surface area contributed by atoms with Crippen LogP contribution in [0.1, 0.15) is 57.8 Å². The molecular formula is C23H32FN3O4S. The van der Waals surface area contributed by atoms with E-state index in [1.54, 1.807) is 0 Å². The number of amides is 2. The quantitative estimate of drug-likeness (QED) is 0.456. The van der Waals surface area contributed by atoms with Gasteiger partial charge in [0.2, 0.25) is 10.0 Å². The minimum atomic E-state index is -3.75. The smallest absolute Gasteiger partial charge is 0.309 e. The Balaban J connectivity index is 1.46. The van der Waals surface area contributed by atoms with Crippen molar-refractivity contribution in [3.05, 3.63) is 41.7 Å². The van der Waals surface area contributed by atoms with E-state index in [4.69, 9.17) is 0 Å². The zero-order valence-electron chi connectivity index (χ0n) is 18.3. The maximum absolute atomic E-state index is 13.2. The van der Waals surface area contributed by atoms with Gasteiger partial charge >= 0.3 is 11.8 Å². The van der Waals surface area contributed by atoms with Crippen LogP contribution < -0.4 is 10.6 Å². The minimum Gasteiger partial charge on any atom is -0.348 e. The fourth-order valence-corrected chi connectivity index (χ4v) is 6.03. The second kappa shape index (κ2) is 11.6. The summed E-state index contributed by atoms with van der Waals surface area (Å²) in [4.78, 5) is 24.2. The zero-order valence-corrected chi connectivity index (χ0v) is 19.1. The van der Waals surface area contributed by atoms with E-state index in [9.17, 15) is 22.4 Å². The van der Waals surface area contributed by atoms with Crippen molar-refractivity contribution in [1.82, 2.24) is 14.9 Å². The lowest BCUT2D eigenvalue weighted by molar-refractivity contribution is -0.139. The number of sulfonamides is 1. The summed E-state index contributed by atoms with van der Waals surface area (Å²) in [6.07, 6.45) is 10.2. The molecule has 0 aromatic heterocycles. The van der Waals surface area contributed by atoms with E-state index in [0.29, 0.717) is 25.9 Å². The fraction of sp³-hybridized carbons (Fsp3) is 0.565. The van der Waals surface area contributed by atoms with E-state index in [1.807, 2.05) is 0 Å². The van der Waals surface area contributed by atoms with Crippen LogP contribution >= 0.6 is 0 Å². The van der Waals surface area contributed by atoms with Crippen LogP contribution in [-0.2, 0) is 19.6 Å². The second-order valence-corrected chi connectivity index (χ2v) is 10.3. The Morgan fingerprint density at radius 1 is 1.00 bits per heavy atom. The fourth-order valence-electron chi connectivity index (χ4n) is 4.30. The number of nitrogens with zero attached hydrogens (tertiary/aromatic N) is 1. The number of rotatable bonds is 8. The molecule has 1 aromatic carbocycles. The Labute approximate surface area is 189 Å². The molecular weight excluding hydrogens is 433 g/mol. The van der Waals surface area contributed by atoms with Crippen LogP contribution in [0.4, 0.5) is 4.39 Å². The van der Waals surface area contributed by atoms with Gasteiger partial charge in [-0.1, -0.05) is 18.1 Å². The Morgan fingerprint density at radius 2 is 1.72 bits per heavy atom. The van der Waals surface area contributed by atoms with Gasteiger partial charge in [-0.15, -0.1) is 0 Å². The van der Waals surface area contributed by atoms with Gasteiger partial charge in [0.05, 0.1) is 4.90 Å². The van der Waals surface area contributed by atoms with Gasteiger partial charge in [0.1, 0.15) is 5.82 Å². The first kappa shape index (κ1) is 24.4. The Morgan fingerprint density at radius 3 is 2.41 bits per heavy atom. The van der Waals surface area contributed by atoms with Gasteiger partial charge in [0.15, 0.2) is 0 Å². The van der Waals surface area contributed by atoms with E-state index in [1.165, 1.54) is 34.9 Å². The summed E-state index contributed by atoms with van der Waals surface area (Å²) in [6, 6.07) is 4.53. The summed E-state index contributed by atoms with van der Waals surface area (Å²) in [6.45, 7) is 1.02. The van der Waals surface area contributed by atoms with Crippen molar-refractivity contribution in [2.75, 3.05) is 19.6 Å². The van der Waals surface area contributed by atoms with Gasteiger partial charge in [-0.05, 0) is 75.6 Å². The molecule has 1 fully saturated rings. The number of carbonyl (C=O) groups is 2. The Kier molecular flexibility index (Phi) is 8.81. The van der Waals surface area contributed by atoms with E-state index >= 15 is 0 Å². The van der Waals surface area contributed by atoms with Crippen LogP contribution in [0, 0.1) is 5.82 Å². The molecule has 1 atom stereocenters. The first-order valence-corrected chi connectivity index (χ1v) is 12.8. The third-order valence-corrected chi connectivity index (χ3v) is 8.05. The summed E-state index contributed by atoms with van der Waals surface area (Å²) in [5, 5.41) is 5.25. The maximum atomic E-state index is 13.2. The highest BCUT2D eigenvalue weighted by molar-refractivity contribution is 7.89. The lowest BCUT2D eigenvalue weighted by Gasteiger charge is -2.34. The molecule has 1 aliphatic carbocycles. The van der Waals surface area contributed by atoms with Crippen molar-refractivity contribution in [1.29, 1.82) is 0 Å². The highest BCUT2D eigenvalue weighted by Crippen LogP contribution is 2.27. The van der Waals surface area contributed by atoms with E-state index in [2.05, 4.69) is 16.7 Å². The highest BCUT2D eigenvalue weighted by atomic mass is 32.2. The molecule has 0 unspecified atom stereocenters. The molecule has 2 aliphatic rings. The van der Waals surface area contributed by atoms with Gasteiger partial charge in [0, 0.05) is 25.7 Å². The lowest BCUT2D eigenvalue weighted by atomic mass is 9.97. The van der Waals surface area contributed by atoms with Gasteiger partial charge in [-0.2, -0.15) is 4.31 Å². The van der Waals surface area contributed by atoms with Crippen LogP contribution in [0.15, 0.2) is 40.8 Å². The maximum Gasteiger partial charge on any atom is 0.309 e. The molecule has 0 saturated carbocycles. The number of hydrogen-bond donors (Lipinski definition) is 2. The van der Waals surface area contributed by atoms with Crippen molar-refractivity contribution in [3.63, 3.8) is 0 Å². The molecule has 7 nitrogen and oxygen atoms in total. The first-order valence-electron chi connectivity index (χ1n) is 11.4. The van der Waals surface area contributed by atoms with Crippen molar-refractivity contribution in [3.8, 4) is 0 Å². The Bertz CT molecular complexity index is 931. The van der Waals surface area contributed by atoms with Crippen LogP contribution in [0.25, 0.3) is 0 Å². The third-order valence-electron chi connectivity index (χ3n) is 6.08. The van der Waals surface area contributed by atoms with Crippen molar-refractivity contribution < 1.29 is 22.4 Å². The van der Waals surface area contributed by atoms with Gasteiger partial charge < -0.3 is 10.6 Å². The standard InChI is InChI=1S/C23H32FN3O4S/c24-19-9-11-21(12-10-19)32(30,31)27-17-5-4-8-20(27)14-16-26-23(29)22(28)25-15-13-18-6-2-1-3-7-18/h6,9-12,20H,1-5,7-8,13-17H2,(H,25,28)(H,26,29)/t20-/m0/s1. The number of hydrogen-bond acceptors (Lipinski definition) is 4. The monoisotopic (exact) mass is 465 g/mol. The average Bonchev–Trinajstić information content (AvgIpc) is 2.80. The molecule has 3 rings (SSSR count). The van der Waals surface area contributed by atoms with Crippen molar-refractivity contribution in [2.45, 2.75) is 68.7 Å². The predicted octanol–water partition coefficient (Wildman–Crippen LogP) is 2.88. The molecule has 1 aliphatic heterocycles. The lowest BCUT2D eigenvalue weighted by Crippen LogP contribution is -2.46. The molecule has 0 spiro atoms. The van der Waals surface area contributed by atoms with E-state index in [0.717, 1.165) is 44.2 Å². The summed E-state index contributed by atoms with van der Waals surface area (Å²) < 4.78 is 40.6. The van der Waals surface area contributed by atoms with Gasteiger partial charge in [-0.3, -0.25) is 9.59 Å². The largest absolute Gasteiger partial charge is 0.348 e. The summed E-state index contributed by atoms with van der Waals surface area (Å²) in [7, 11) is -3.75. The topological polar surface area (TPSA) is 95.6 Å². The number of piperidine rings is 1. The second-order valence-electron chi connectivity index (χ2n) is 8.38. The minimum absolute atomic E-state index is 0.0577. The van der Waals surface area contributed by atoms with Gasteiger partial charge in [0.25, 0.3) is 0 Å². The normalized spacial score (nSPS) is 19.8. The number of benzene rings is 1. The number of halogens is 1. The molecule has 9 heteroatoms. The molecule has 32 heavy (non-hydrogen) atoms. The summed E-state index contributed by atoms with van der Waals surface area (Å²) in [5.41, 5.74) is 1.33. The van der Waals surface area contributed by atoms with E-state index < -0.39 is 27.7 Å². The van der Waals surface area contributed by atoms with Crippen LogP contribution in [0.5, 0.6) is 0 Å². The molecule has 2 amide bonds. The molecule has 2 N–H and O–H groups in total. The first-order chi connectivity index (χ1) is 15.4. The van der Waals surface area contributed by atoms with Crippen molar-refractivity contribution >= 4 is 21.8 Å². The van der Waals surface area contributed by atoms with Crippen molar-refractivity contribution in [2.24, 2.45) is 0 Å². The van der Waals surface area contributed by atoms with Crippen LogP contribution in [0.2, 0.25) is 0 Å². The van der Waals surface area contributed by atoms with Crippen LogP contribution in [0.3, 0.4) is 0 Å². The number of nitrogens with one attached hydrogen (secondary N) is 2. The third kappa shape index (κ3) is 6.62. The predicted molar refractivity (Wildman–Crippen MR) is 120 cm³/mol. The van der Waals surface area contributed by atoms with Crippen LogP contribution in [-0.4, -0.2) is 50.2 Å². The highest BCUT2D eigenvalue weighted by Gasteiger charge is 2.33.